The Hall–Kier alpha value is -1.54. The second-order valence-corrected chi connectivity index (χ2v) is 6.35. The molecule has 1 aromatic rings. The monoisotopic (exact) mass is 354 g/mol. The second-order valence-electron chi connectivity index (χ2n) is 6.35. The SMILES string of the molecule is COCCN(C[C@@H]1CN(C[C@H](C)O)CCO1)C(=O)c1ccc(F)cc1. The van der Waals surface area contributed by atoms with Crippen LogP contribution >= 0.6 is 0 Å². The van der Waals surface area contributed by atoms with E-state index < -0.39 is 6.10 Å². The molecule has 2 rings (SSSR count). The van der Waals surface area contributed by atoms with E-state index in [0.29, 0.717) is 45.0 Å². The first-order chi connectivity index (χ1) is 12.0. The summed E-state index contributed by atoms with van der Waals surface area (Å²) in [7, 11) is 1.59. The molecule has 6 nitrogen and oxygen atoms in total. The number of nitrogens with zero attached hydrogens (tertiary/aromatic N) is 2. The number of carbonyl (C=O) groups excluding carboxylic acids is 1. The minimum Gasteiger partial charge on any atom is -0.392 e. The van der Waals surface area contributed by atoms with Gasteiger partial charge in [-0.2, -0.15) is 0 Å². The van der Waals surface area contributed by atoms with E-state index in [2.05, 4.69) is 4.90 Å². The molecule has 7 heteroatoms. The Morgan fingerprint density at radius 1 is 1.48 bits per heavy atom. The summed E-state index contributed by atoms with van der Waals surface area (Å²) < 4.78 is 24.0. The summed E-state index contributed by atoms with van der Waals surface area (Å²) in [6.45, 7) is 5.61. The van der Waals surface area contributed by atoms with Crippen molar-refractivity contribution in [3.05, 3.63) is 35.6 Å². The predicted molar refractivity (Wildman–Crippen MR) is 92.0 cm³/mol. The third-order valence-electron chi connectivity index (χ3n) is 4.11. The van der Waals surface area contributed by atoms with Gasteiger partial charge in [0, 0.05) is 45.4 Å². The fourth-order valence-electron chi connectivity index (χ4n) is 2.93. The molecule has 1 aliphatic heterocycles. The quantitative estimate of drug-likeness (QED) is 0.755. The van der Waals surface area contributed by atoms with Crippen LogP contribution in [0.4, 0.5) is 4.39 Å². The van der Waals surface area contributed by atoms with Crippen LogP contribution in [0.3, 0.4) is 0 Å². The van der Waals surface area contributed by atoms with Crippen molar-refractivity contribution in [3.63, 3.8) is 0 Å². The number of rotatable bonds is 8. The highest BCUT2D eigenvalue weighted by Crippen LogP contribution is 2.12. The van der Waals surface area contributed by atoms with Gasteiger partial charge < -0.3 is 19.5 Å². The van der Waals surface area contributed by atoms with E-state index in [9.17, 15) is 14.3 Å². The van der Waals surface area contributed by atoms with Gasteiger partial charge in [0.15, 0.2) is 0 Å². The van der Waals surface area contributed by atoms with Crippen LogP contribution in [0.5, 0.6) is 0 Å². The standard InChI is InChI=1S/C18H27FN2O4/c1-14(22)11-20-7-10-25-17(12-20)13-21(8-9-24-2)18(23)15-3-5-16(19)6-4-15/h3-6,14,17,22H,7-13H2,1-2H3/t14-,17-/m0/s1. The van der Waals surface area contributed by atoms with Crippen molar-refractivity contribution in [2.24, 2.45) is 0 Å². The number of carbonyl (C=O) groups is 1. The van der Waals surface area contributed by atoms with E-state index in [1.54, 1.807) is 18.9 Å². The summed E-state index contributed by atoms with van der Waals surface area (Å²) in [5.41, 5.74) is 0.439. The van der Waals surface area contributed by atoms with Crippen LogP contribution in [0.25, 0.3) is 0 Å². The van der Waals surface area contributed by atoms with Gasteiger partial charge in [-0.25, -0.2) is 4.39 Å². The molecular weight excluding hydrogens is 327 g/mol. The Bertz CT molecular complexity index is 538. The molecule has 1 amide bonds. The highest BCUT2D eigenvalue weighted by molar-refractivity contribution is 5.94. The number of hydrogen-bond donors (Lipinski definition) is 1. The molecule has 0 bridgehead atoms. The van der Waals surface area contributed by atoms with Crippen LogP contribution in [-0.4, -0.2) is 86.1 Å². The smallest absolute Gasteiger partial charge is 0.254 e. The van der Waals surface area contributed by atoms with Crippen LogP contribution < -0.4 is 0 Å². The van der Waals surface area contributed by atoms with Gasteiger partial charge in [0.1, 0.15) is 5.82 Å². The van der Waals surface area contributed by atoms with Crippen LogP contribution in [0, 0.1) is 5.82 Å². The minimum atomic E-state index is -0.399. The Balaban J connectivity index is 2.01. The number of benzene rings is 1. The summed E-state index contributed by atoms with van der Waals surface area (Å²) in [4.78, 5) is 16.5. The zero-order valence-corrected chi connectivity index (χ0v) is 14.9. The van der Waals surface area contributed by atoms with E-state index in [1.165, 1.54) is 24.3 Å². The topological polar surface area (TPSA) is 62.2 Å². The maximum absolute atomic E-state index is 13.1. The molecule has 0 saturated carbocycles. The lowest BCUT2D eigenvalue weighted by Crippen LogP contribution is -2.50. The summed E-state index contributed by atoms with van der Waals surface area (Å²) in [5, 5.41) is 9.55. The fourth-order valence-corrected chi connectivity index (χ4v) is 2.93. The summed E-state index contributed by atoms with van der Waals surface area (Å²) in [6.07, 6.45) is -0.530. The number of aliphatic hydroxyl groups excluding tert-OH is 1. The molecule has 1 fully saturated rings. The highest BCUT2D eigenvalue weighted by Gasteiger charge is 2.26. The molecule has 25 heavy (non-hydrogen) atoms. The molecule has 1 aromatic carbocycles. The first-order valence-electron chi connectivity index (χ1n) is 8.55. The Morgan fingerprint density at radius 2 is 2.20 bits per heavy atom. The van der Waals surface area contributed by atoms with Gasteiger partial charge >= 0.3 is 0 Å². The average molecular weight is 354 g/mol. The van der Waals surface area contributed by atoms with Gasteiger partial charge in [-0.3, -0.25) is 9.69 Å². The molecule has 0 radical (unpaired) electrons. The average Bonchev–Trinajstić information content (AvgIpc) is 2.58. The van der Waals surface area contributed by atoms with E-state index in [0.717, 1.165) is 6.54 Å². The van der Waals surface area contributed by atoms with Gasteiger partial charge in [0.2, 0.25) is 0 Å². The normalized spacial score (nSPS) is 19.6. The van der Waals surface area contributed by atoms with Crippen molar-refractivity contribution in [2.75, 3.05) is 53.0 Å². The van der Waals surface area contributed by atoms with Crippen molar-refractivity contribution < 1.29 is 23.8 Å². The number of β-amino-alcohol motifs (C(OH)–C–C–N with tert-alkyl or cyclic N) is 1. The molecule has 1 heterocycles. The third kappa shape index (κ3) is 6.36. The summed E-state index contributed by atoms with van der Waals surface area (Å²) >= 11 is 0. The number of aliphatic hydroxyl groups is 1. The van der Waals surface area contributed by atoms with E-state index in [4.69, 9.17) is 9.47 Å². The summed E-state index contributed by atoms with van der Waals surface area (Å²) in [6, 6.07) is 5.53. The Labute approximate surface area is 148 Å². The maximum atomic E-state index is 13.1. The van der Waals surface area contributed by atoms with Gasteiger partial charge in [-0.15, -0.1) is 0 Å². The molecule has 1 aliphatic rings. The molecule has 0 aliphatic carbocycles. The Morgan fingerprint density at radius 3 is 2.84 bits per heavy atom. The number of hydrogen-bond acceptors (Lipinski definition) is 5. The number of amides is 1. The van der Waals surface area contributed by atoms with Crippen molar-refractivity contribution in [3.8, 4) is 0 Å². The lowest BCUT2D eigenvalue weighted by molar-refractivity contribution is -0.0503. The number of morpholine rings is 1. The van der Waals surface area contributed by atoms with Crippen molar-refractivity contribution in [2.45, 2.75) is 19.1 Å². The zero-order valence-electron chi connectivity index (χ0n) is 14.9. The van der Waals surface area contributed by atoms with Crippen molar-refractivity contribution >= 4 is 5.91 Å². The van der Waals surface area contributed by atoms with Crippen LogP contribution in [-0.2, 0) is 9.47 Å². The van der Waals surface area contributed by atoms with Gasteiger partial charge in [0.25, 0.3) is 5.91 Å². The molecular formula is C18H27FN2O4. The molecule has 140 valence electrons. The van der Waals surface area contributed by atoms with Gasteiger partial charge in [-0.05, 0) is 31.2 Å². The first-order valence-corrected chi connectivity index (χ1v) is 8.55. The lowest BCUT2D eigenvalue weighted by atomic mass is 10.1. The highest BCUT2D eigenvalue weighted by atomic mass is 19.1. The van der Waals surface area contributed by atoms with Crippen LogP contribution in [0.1, 0.15) is 17.3 Å². The second kappa shape index (κ2) is 9.82. The van der Waals surface area contributed by atoms with E-state index in [1.807, 2.05) is 0 Å². The van der Waals surface area contributed by atoms with Crippen molar-refractivity contribution in [1.29, 1.82) is 0 Å². The van der Waals surface area contributed by atoms with Crippen molar-refractivity contribution in [1.82, 2.24) is 9.80 Å². The minimum absolute atomic E-state index is 0.131. The molecule has 0 aromatic heterocycles. The van der Waals surface area contributed by atoms with E-state index >= 15 is 0 Å². The molecule has 0 unspecified atom stereocenters. The maximum Gasteiger partial charge on any atom is 0.254 e. The Kier molecular flexibility index (Phi) is 7.77. The number of methoxy groups -OCH3 is 1. The lowest BCUT2D eigenvalue weighted by Gasteiger charge is -2.36. The summed E-state index contributed by atoms with van der Waals surface area (Å²) in [5.74, 6) is -0.544. The van der Waals surface area contributed by atoms with Gasteiger partial charge in [0.05, 0.1) is 25.4 Å². The molecule has 1 saturated heterocycles. The van der Waals surface area contributed by atoms with Crippen LogP contribution in [0.2, 0.25) is 0 Å². The molecule has 1 N–H and O–H groups in total. The largest absolute Gasteiger partial charge is 0.392 e. The molecule has 0 spiro atoms. The fraction of sp³-hybridized carbons (Fsp3) is 0.611. The van der Waals surface area contributed by atoms with Crippen LogP contribution in [0.15, 0.2) is 24.3 Å². The predicted octanol–water partition coefficient (Wildman–Crippen LogP) is 0.996. The zero-order chi connectivity index (χ0) is 18.2. The molecule has 2 atom stereocenters. The number of halogens is 1. The van der Waals surface area contributed by atoms with E-state index in [-0.39, 0.29) is 17.8 Å². The number of ether oxygens (including phenoxy) is 2. The first kappa shape index (κ1) is 19.8. The third-order valence-corrected chi connectivity index (χ3v) is 4.11. The van der Waals surface area contributed by atoms with Gasteiger partial charge in [-0.1, -0.05) is 0 Å².